The van der Waals surface area contributed by atoms with Crippen molar-refractivity contribution in [1.82, 2.24) is 15.4 Å². The molecular weight excluding hydrogens is 395 g/mol. The molecule has 0 unspecified atom stereocenters. The minimum absolute atomic E-state index is 0.0966. The summed E-state index contributed by atoms with van der Waals surface area (Å²) >= 11 is 0. The number of carbonyl (C=O) groups is 1. The number of hydrazine groups is 1. The Bertz CT molecular complexity index is 1060. The van der Waals surface area contributed by atoms with Gasteiger partial charge in [-0.2, -0.15) is 0 Å². The highest BCUT2D eigenvalue weighted by molar-refractivity contribution is 5.95. The number of para-hydroxylation sites is 2. The number of hydrogen-bond acceptors (Lipinski definition) is 8. The third-order valence-electron chi connectivity index (χ3n) is 3.85. The van der Waals surface area contributed by atoms with Gasteiger partial charge in [-0.15, -0.1) is 0 Å². The first-order chi connectivity index (χ1) is 14.5. The summed E-state index contributed by atoms with van der Waals surface area (Å²) in [6, 6.07) is 11.7. The van der Waals surface area contributed by atoms with Crippen LogP contribution in [0.4, 0.5) is 27.4 Å². The molecule has 0 aliphatic carbocycles. The summed E-state index contributed by atoms with van der Waals surface area (Å²) in [7, 11) is 0. The molecule has 0 fully saturated rings. The molecule has 3 N–H and O–H groups in total. The van der Waals surface area contributed by atoms with Gasteiger partial charge in [0, 0.05) is 5.56 Å². The Hall–Kier alpha value is -4.28. The zero-order chi connectivity index (χ0) is 21.5. The monoisotopic (exact) mass is 412 g/mol. The molecule has 0 saturated heterocycles. The Morgan fingerprint density at radius 1 is 1.13 bits per heavy atom. The Labute approximate surface area is 170 Å². The number of ether oxygens (including phenoxy) is 1. The molecular formula is C19H17FN6O4. The van der Waals surface area contributed by atoms with Crippen molar-refractivity contribution in [2.75, 3.05) is 17.3 Å². The highest BCUT2D eigenvalue weighted by Crippen LogP contribution is 2.33. The summed E-state index contributed by atoms with van der Waals surface area (Å²) in [6.45, 7) is 2.22. The van der Waals surface area contributed by atoms with Crippen LogP contribution in [0.5, 0.6) is 5.75 Å². The lowest BCUT2D eigenvalue weighted by Crippen LogP contribution is -2.30. The maximum atomic E-state index is 13.0. The maximum absolute atomic E-state index is 13.0. The molecule has 3 rings (SSSR count). The van der Waals surface area contributed by atoms with Crippen molar-refractivity contribution in [3.05, 3.63) is 76.4 Å². The molecule has 0 radical (unpaired) electrons. The van der Waals surface area contributed by atoms with Crippen molar-refractivity contribution < 1.29 is 18.8 Å². The number of benzene rings is 2. The van der Waals surface area contributed by atoms with Crippen molar-refractivity contribution in [2.24, 2.45) is 0 Å². The van der Waals surface area contributed by atoms with E-state index in [2.05, 4.69) is 26.1 Å². The molecule has 0 atom stereocenters. The van der Waals surface area contributed by atoms with E-state index in [1.165, 1.54) is 12.1 Å². The maximum Gasteiger partial charge on any atom is 0.355 e. The minimum atomic E-state index is -0.683. The molecule has 0 aliphatic rings. The van der Waals surface area contributed by atoms with E-state index < -0.39 is 22.3 Å². The largest absolute Gasteiger partial charge is 0.492 e. The molecule has 3 aromatic rings. The number of carbonyl (C=O) groups excluding carboxylic acids is 1. The van der Waals surface area contributed by atoms with Crippen LogP contribution in [-0.2, 0) is 0 Å². The van der Waals surface area contributed by atoms with Gasteiger partial charge in [0.2, 0.25) is 11.6 Å². The van der Waals surface area contributed by atoms with Gasteiger partial charge in [-0.05, 0) is 43.3 Å². The molecule has 1 heterocycles. The van der Waals surface area contributed by atoms with Gasteiger partial charge < -0.3 is 10.1 Å². The van der Waals surface area contributed by atoms with Crippen LogP contribution in [0.3, 0.4) is 0 Å². The predicted molar refractivity (Wildman–Crippen MR) is 107 cm³/mol. The van der Waals surface area contributed by atoms with Crippen LogP contribution in [0.1, 0.15) is 17.3 Å². The number of halogens is 1. The molecule has 0 aliphatic heterocycles. The zero-order valence-corrected chi connectivity index (χ0v) is 15.8. The fraction of sp³-hybridized carbons (Fsp3) is 0.105. The highest BCUT2D eigenvalue weighted by Gasteiger charge is 2.24. The van der Waals surface area contributed by atoms with Gasteiger partial charge in [-0.1, -0.05) is 12.1 Å². The first-order valence-corrected chi connectivity index (χ1v) is 8.79. The SMILES string of the molecule is CCOc1ccccc1Nc1ncnc(NNC(=O)c2ccc(F)cc2)c1[N+](=O)[O-]. The topological polar surface area (TPSA) is 131 Å². The number of nitro groups is 1. The second kappa shape index (κ2) is 9.28. The van der Waals surface area contributed by atoms with Gasteiger partial charge in [-0.3, -0.25) is 25.8 Å². The van der Waals surface area contributed by atoms with Crippen LogP contribution in [-0.4, -0.2) is 27.4 Å². The fourth-order valence-electron chi connectivity index (χ4n) is 2.50. The smallest absolute Gasteiger partial charge is 0.355 e. The van der Waals surface area contributed by atoms with E-state index in [1.807, 2.05) is 6.92 Å². The van der Waals surface area contributed by atoms with E-state index in [0.29, 0.717) is 18.0 Å². The number of hydrogen-bond donors (Lipinski definition) is 3. The molecule has 30 heavy (non-hydrogen) atoms. The lowest BCUT2D eigenvalue weighted by Gasteiger charge is -2.13. The van der Waals surface area contributed by atoms with Crippen molar-refractivity contribution >= 4 is 28.9 Å². The van der Waals surface area contributed by atoms with E-state index in [0.717, 1.165) is 18.5 Å². The molecule has 0 bridgehead atoms. The third kappa shape index (κ3) is 4.76. The van der Waals surface area contributed by atoms with Crippen LogP contribution in [0, 0.1) is 15.9 Å². The van der Waals surface area contributed by atoms with Crippen LogP contribution in [0.15, 0.2) is 54.9 Å². The van der Waals surface area contributed by atoms with Crippen LogP contribution >= 0.6 is 0 Å². The number of nitrogens with one attached hydrogen (secondary N) is 3. The van der Waals surface area contributed by atoms with Crippen molar-refractivity contribution in [1.29, 1.82) is 0 Å². The zero-order valence-electron chi connectivity index (χ0n) is 15.8. The quantitative estimate of drug-likeness (QED) is 0.379. The second-order valence-electron chi connectivity index (χ2n) is 5.82. The average Bonchev–Trinajstić information content (AvgIpc) is 2.74. The molecule has 0 saturated carbocycles. The van der Waals surface area contributed by atoms with Gasteiger partial charge in [0.1, 0.15) is 17.9 Å². The van der Waals surface area contributed by atoms with Crippen LogP contribution < -0.4 is 20.9 Å². The molecule has 2 aromatic carbocycles. The Balaban J connectivity index is 1.84. The Morgan fingerprint density at radius 3 is 2.53 bits per heavy atom. The van der Waals surface area contributed by atoms with E-state index in [-0.39, 0.29) is 17.2 Å². The molecule has 0 spiro atoms. The second-order valence-corrected chi connectivity index (χ2v) is 5.82. The predicted octanol–water partition coefficient (Wildman–Crippen LogP) is 3.42. The van der Waals surface area contributed by atoms with Crippen molar-refractivity contribution in [3.8, 4) is 5.75 Å². The first kappa shape index (κ1) is 20.5. The number of amides is 1. The summed E-state index contributed by atoms with van der Waals surface area (Å²) in [6.07, 6.45) is 1.10. The fourth-order valence-corrected chi connectivity index (χ4v) is 2.50. The van der Waals surface area contributed by atoms with Gasteiger partial charge in [0.15, 0.2) is 0 Å². The van der Waals surface area contributed by atoms with Gasteiger partial charge in [0.05, 0.1) is 17.2 Å². The number of nitrogens with zero attached hydrogens (tertiary/aromatic N) is 3. The van der Waals surface area contributed by atoms with Gasteiger partial charge in [-0.25, -0.2) is 14.4 Å². The average molecular weight is 412 g/mol. The lowest BCUT2D eigenvalue weighted by atomic mass is 10.2. The molecule has 10 nitrogen and oxygen atoms in total. The molecule has 1 amide bonds. The van der Waals surface area contributed by atoms with Gasteiger partial charge >= 0.3 is 5.69 Å². The van der Waals surface area contributed by atoms with Crippen molar-refractivity contribution in [3.63, 3.8) is 0 Å². The lowest BCUT2D eigenvalue weighted by molar-refractivity contribution is -0.383. The summed E-state index contributed by atoms with van der Waals surface area (Å²) in [5.41, 5.74) is 4.86. The van der Waals surface area contributed by atoms with Crippen LogP contribution in [0.2, 0.25) is 0 Å². The normalized spacial score (nSPS) is 10.2. The number of aromatic nitrogens is 2. The van der Waals surface area contributed by atoms with Gasteiger partial charge in [0.25, 0.3) is 5.91 Å². The Kier molecular flexibility index (Phi) is 6.33. The van der Waals surface area contributed by atoms with Crippen molar-refractivity contribution in [2.45, 2.75) is 6.92 Å². The molecule has 154 valence electrons. The summed E-state index contributed by atoms with van der Waals surface area (Å²) in [4.78, 5) is 30.9. The highest BCUT2D eigenvalue weighted by atomic mass is 19.1. The standard InChI is InChI=1S/C19H17FN6O4/c1-2-30-15-6-4-3-5-14(15)23-17-16(26(28)29)18(22-11-21-17)24-25-19(27)12-7-9-13(20)10-8-12/h3-11H,2H2,1H3,(H,25,27)(H2,21,22,23,24). The number of rotatable bonds is 8. The van der Waals surface area contributed by atoms with Crippen LogP contribution in [0.25, 0.3) is 0 Å². The van der Waals surface area contributed by atoms with E-state index in [4.69, 9.17) is 4.74 Å². The third-order valence-corrected chi connectivity index (χ3v) is 3.85. The molecule has 11 heteroatoms. The molecule has 1 aromatic heterocycles. The van der Waals surface area contributed by atoms with E-state index in [9.17, 15) is 19.3 Å². The Morgan fingerprint density at radius 2 is 1.83 bits per heavy atom. The summed E-state index contributed by atoms with van der Waals surface area (Å²) in [5.74, 6) is -0.956. The van der Waals surface area contributed by atoms with E-state index in [1.54, 1.807) is 24.3 Å². The number of anilines is 3. The summed E-state index contributed by atoms with van der Waals surface area (Å²) < 4.78 is 18.5. The van der Waals surface area contributed by atoms with E-state index >= 15 is 0 Å². The first-order valence-electron chi connectivity index (χ1n) is 8.79. The minimum Gasteiger partial charge on any atom is -0.492 e. The summed E-state index contributed by atoms with van der Waals surface area (Å²) in [5, 5.41) is 14.5.